The smallest absolute Gasteiger partial charge is 0.334 e. The molecule has 0 unspecified atom stereocenters. The van der Waals surface area contributed by atoms with E-state index in [1.165, 1.54) is 0 Å². The normalized spacial score (nSPS) is 11.6. The lowest BCUT2D eigenvalue weighted by atomic mass is 10.1. The first-order valence-electron chi connectivity index (χ1n) is 6.07. The summed E-state index contributed by atoms with van der Waals surface area (Å²) in [6, 6.07) is 8.76. The molecule has 4 nitrogen and oxygen atoms in total. The zero-order valence-electron chi connectivity index (χ0n) is 10.8. The number of hydrogen-bond donors (Lipinski definition) is 0. The second kappa shape index (κ2) is 5.67. The van der Waals surface area contributed by atoms with Crippen molar-refractivity contribution in [3.05, 3.63) is 51.7 Å². The van der Waals surface area contributed by atoms with E-state index in [-0.39, 0.29) is 17.3 Å². The van der Waals surface area contributed by atoms with Gasteiger partial charge >= 0.3 is 6.18 Å². The van der Waals surface area contributed by atoms with Gasteiger partial charge in [-0.05, 0) is 52.9 Å². The van der Waals surface area contributed by atoms with Gasteiger partial charge in [0.15, 0.2) is 0 Å². The van der Waals surface area contributed by atoms with E-state index in [1.54, 1.807) is 30.5 Å². The highest BCUT2D eigenvalue weighted by Crippen LogP contribution is 2.33. The summed E-state index contributed by atoms with van der Waals surface area (Å²) in [5.41, 5.74) is -0.0555. The van der Waals surface area contributed by atoms with Gasteiger partial charge in [0, 0.05) is 15.3 Å². The molecule has 0 aliphatic carbocycles. The molecule has 2 aromatic heterocycles. The van der Waals surface area contributed by atoms with Gasteiger partial charge in [-0.25, -0.2) is 0 Å². The Balaban J connectivity index is 2.02. The lowest BCUT2D eigenvalue weighted by Gasteiger charge is -2.08. The lowest BCUT2D eigenvalue weighted by Crippen LogP contribution is -2.05. The molecular weight excluding hydrogens is 410 g/mol. The highest BCUT2D eigenvalue weighted by molar-refractivity contribution is 14.1. The number of rotatable bonds is 2. The lowest BCUT2D eigenvalue weighted by molar-refractivity contribution is -0.137. The highest BCUT2D eigenvalue weighted by Gasteiger charge is 2.31. The number of pyridine rings is 1. The summed E-state index contributed by atoms with van der Waals surface area (Å²) in [5, 5.41) is 3.75. The Bertz CT molecular complexity index is 803. The van der Waals surface area contributed by atoms with E-state index in [0.29, 0.717) is 9.26 Å². The molecule has 0 radical (unpaired) electrons. The molecule has 0 saturated heterocycles. The maximum atomic E-state index is 12.9. The molecule has 2 heterocycles. The molecule has 0 bridgehead atoms. The number of hydrogen-bond acceptors (Lipinski definition) is 4. The molecule has 0 amide bonds. The molecule has 112 valence electrons. The van der Waals surface area contributed by atoms with Crippen molar-refractivity contribution in [3.63, 3.8) is 0 Å². The van der Waals surface area contributed by atoms with Gasteiger partial charge in [-0.2, -0.15) is 18.2 Å². The van der Waals surface area contributed by atoms with Crippen molar-refractivity contribution >= 4 is 22.6 Å². The number of halogens is 4. The van der Waals surface area contributed by atoms with Gasteiger partial charge < -0.3 is 4.52 Å². The fraction of sp³-hybridized carbons (Fsp3) is 0.0714. The first-order valence-corrected chi connectivity index (χ1v) is 7.14. The number of benzene rings is 1. The standard InChI is InChI=1S/C14H7F3IN3O/c15-14(16,17)9-5-8(6-10(18)7-9)13-20-12(21-22-13)11-3-1-2-4-19-11/h1-7H. The fourth-order valence-corrected chi connectivity index (χ4v) is 2.49. The first-order chi connectivity index (χ1) is 10.4. The van der Waals surface area contributed by atoms with Gasteiger partial charge in [-0.3, -0.25) is 4.98 Å². The van der Waals surface area contributed by atoms with Crippen molar-refractivity contribution in [1.29, 1.82) is 0 Å². The van der Waals surface area contributed by atoms with Crippen LogP contribution in [0.1, 0.15) is 5.56 Å². The van der Waals surface area contributed by atoms with E-state index >= 15 is 0 Å². The van der Waals surface area contributed by atoms with E-state index < -0.39 is 11.7 Å². The molecule has 0 N–H and O–H groups in total. The van der Waals surface area contributed by atoms with Crippen LogP contribution in [0.5, 0.6) is 0 Å². The quantitative estimate of drug-likeness (QED) is 0.580. The van der Waals surface area contributed by atoms with Gasteiger partial charge in [-0.15, -0.1) is 0 Å². The predicted molar refractivity (Wildman–Crippen MR) is 80.7 cm³/mol. The molecule has 0 aliphatic heterocycles. The monoisotopic (exact) mass is 417 g/mol. The van der Waals surface area contributed by atoms with Crippen LogP contribution >= 0.6 is 22.6 Å². The Morgan fingerprint density at radius 1 is 1.09 bits per heavy atom. The molecule has 0 saturated carbocycles. The fourth-order valence-electron chi connectivity index (χ4n) is 1.82. The molecule has 3 aromatic rings. The number of nitrogens with zero attached hydrogens (tertiary/aromatic N) is 3. The SMILES string of the molecule is FC(F)(F)c1cc(I)cc(-c2nc(-c3ccccn3)no2)c1. The van der Waals surface area contributed by atoms with E-state index in [9.17, 15) is 13.2 Å². The van der Waals surface area contributed by atoms with Gasteiger partial charge in [0.2, 0.25) is 5.82 Å². The van der Waals surface area contributed by atoms with Crippen LogP contribution in [0.25, 0.3) is 23.0 Å². The van der Waals surface area contributed by atoms with Crippen molar-refractivity contribution in [1.82, 2.24) is 15.1 Å². The van der Waals surface area contributed by atoms with Crippen molar-refractivity contribution in [3.8, 4) is 23.0 Å². The maximum absolute atomic E-state index is 12.9. The Morgan fingerprint density at radius 2 is 1.91 bits per heavy atom. The second-order valence-corrected chi connectivity index (χ2v) is 5.61. The summed E-state index contributed by atoms with van der Waals surface area (Å²) in [6.45, 7) is 0. The minimum atomic E-state index is -4.43. The van der Waals surface area contributed by atoms with E-state index in [4.69, 9.17) is 4.52 Å². The van der Waals surface area contributed by atoms with Crippen molar-refractivity contribution in [2.24, 2.45) is 0 Å². The van der Waals surface area contributed by atoms with Crippen LogP contribution in [-0.4, -0.2) is 15.1 Å². The topological polar surface area (TPSA) is 51.8 Å². The average Bonchev–Trinajstić information content (AvgIpc) is 2.96. The summed E-state index contributed by atoms with van der Waals surface area (Å²) in [4.78, 5) is 8.17. The molecule has 8 heteroatoms. The van der Waals surface area contributed by atoms with E-state index in [1.807, 2.05) is 22.6 Å². The molecule has 3 rings (SSSR count). The molecule has 22 heavy (non-hydrogen) atoms. The predicted octanol–water partition coefficient (Wildman–Crippen LogP) is 4.42. The summed E-state index contributed by atoms with van der Waals surface area (Å²) in [6.07, 6.45) is -2.86. The minimum absolute atomic E-state index is 0.0182. The maximum Gasteiger partial charge on any atom is 0.416 e. The van der Waals surface area contributed by atoms with Crippen molar-refractivity contribution in [2.45, 2.75) is 6.18 Å². The molecular formula is C14H7F3IN3O. The van der Waals surface area contributed by atoms with Crippen LogP contribution in [0.2, 0.25) is 0 Å². The summed E-state index contributed by atoms with van der Waals surface area (Å²) in [5.74, 6) is 0.243. The van der Waals surface area contributed by atoms with Crippen LogP contribution in [0.15, 0.2) is 47.1 Å². The highest BCUT2D eigenvalue weighted by atomic mass is 127. The van der Waals surface area contributed by atoms with Gasteiger partial charge in [0.25, 0.3) is 5.89 Å². The Morgan fingerprint density at radius 3 is 2.59 bits per heavy atom. The van der Waals surface area contributed by atoms with Gasteiger partial charge in [0.05, 0.1) is 5.56 Å². The third kappa shape index (κ3) is 3.11. The minimum Gasteiger partial charge on any atom is -0.334 e. The first kappa shape index (κ1) is 14.9. The zero-order valence-corrected chi connectivity index (χ0v) is 13.0. The van der Waals surface area contributed by atoms with Crippen LogP contribution in [0, 0.1) is 3.57 Å². The van der Waals surface area contributed by atoms with Crippen LogP contribution in [-0.2, 0) is 6.18 Å². The molecule has 0 fully saturated rings. The van der Waals surface area contributed by atoms with Crippen LogP contribution in [0.4, 0.5) is 13.2 Å². The van der Waals surface area contributed by atoms with Crippen molar-refractivity contribution < 1.29 is 17.7 Å². The largest absolute Gasteiger partial charge is 0.416 e. The van der Waals surface area contributed by atoms with E-state index in [2.05, 4.69) is 15.1 Å². The van der Waals surface area contributed by atoms with E-state index in [0.717, 1.165) is 12.1 Å². The van der Waals surface area contributed by atoms with Gasteiger partial charge in [0.1, 0.15) is 5.69 Å². The molecule has 0 spiro atoms. The third-order valence-corrected chi connectivity index (χ3v) is 3.41. The zero-order chi connectivity index (χ0) is 15.7. The summed E-state index contributed by atoms with van der Waals surface area (Å²) in [7, 11) is 0. The van der Waals surface area contributed by atoms with Crippen LogP contribution < -0.4 is 0 Å². The molecule has 1 aromatic carbocycles. The molecule has 0 aliphatic rings. The summed E-state index contributed by atoms with van der Waals surface area (Å²) < 4.78 is 44.0. The summed E-state index contributed by atoms with van der Waals surface area (Å²) >= 11 is 1.81. The van der Waals surface area contributed by atoms with Gasteiger partial charge in [-0.1, -0.05) is 11.2 Å². The van der Waals surface area contributed by atoms with Crippen LogP contribution in [0.3, 0.4) is 0 Å². The Hall–Kier alpha value is -1.97. The van der Waals surface area contributed by atoms with Crippen molar-refractivity contribution in [2.75, 3.05) is 0 Å². The third-order valence-electron chi connectivity index (χ3n) is 2.79. The second-order valence-electron chi connectivity index (χ2n) is 4.36. The molecule has 0 atom stereocenters. The number of aromatic nitrogens is 3. The Labute approximate surface area is 136 Å². The number of alkyl halides is 3. The average molecular weight is 417 g/mol. The Kier molecular flexibility index (Phi) is 3.85.